The fourth-order valence-corrected chi connectivity index (χ4v) is 6.22. The molecule has 0 saturated carbocycles. The molecule has 0 aromatic heterocycles. The SMILES string of the molecule is O=C(O)Cc1ccc(NC(=O)c2cc(-c3ccc(C(F)(F)F)cc3)c3c4c(c(-c5ccc(C(F)(F)F)cc5)cc(O)c24)-c2ccccc2O3)cc1. The Morgan fingerprint density at radius 1 is 0.667 bits per heavy atom. The average Bonchev–Trinajstić information content (AvgIpc) is 3.09. The zero-order valence-corrected chi connectivity index (χ0v) is 26.0. The third-order valence-corrected chi connectivity index (χ3v) is 8.56. The molecule has 0 saturated heterocycles. The molecule has 3 N–H and O–H groups in total. The maximum absolute atomic E-state index is 14.1. The van der Waals surface area contributed by atoms with Crippen LogP contribution in [0.2, 0.25) is 0 Å². The molecule has 7 rings (SSSR count). The number of phenolic OH excluding ortho intramolecular Hbond substituents is 1. The van der Waals surface area contributed by atoms with Crippen molar-refractivity contribution < 1.29 is 50.9 Å². The van der Waals surface area contributed by atoms with Crippen LogP contribution in [-0.4, -0.2) is 22.1 Å². The number of anilines is 1. The Hall–Kier alpha value is -6.30. The lowest BCUT2D eigenvalue weighted by Gasteiger charge is -2.27. The largest absolute Gasteiger partial charge is 0.507 e. The highest BCUT2D eigenvalue weighted by atomic mass is 19.4. The van der Waals surface area contributed by atoms with E-state index in [0.29, 0.717) is 33.6 Å². The molecule has 12 heteroatoms. The van der Waals surface area contributed by atoms with Crippen LogP contribution in [0.5, 0.6) is 17.2 Å². The smallest absolute Gasteiger partial charge is 0.416 e. The van der Waals surface area contributed by atoms with Gasteiger partial charge in [0.2, 0.25) is 0 Å². The number of rotatable bonds is 6. The summed E-state index contributed by atoms with van der Waals surface area (Å²) in [6.45, 7) is 0. The van der Waals surface area contributed by atoms with Gasteiger partial charge in [0.05, 0.1) is 23.1 Å². The molecule has 6 nitrogen and oxygen atoms in total. The van der Waals surface area contributed by atoms with Crippen molar-refractivity contribution in [1.29, 1.82) is 0 Å². The van der Waals surface area contributed by atoms with Crippen molar-refractivity contribution in [2.75, 3.05) is 5.32 Å². The Labute approximate surface area is 285 Å². The molecule has 0 aliphatic carbocycles. The monoisotopic (exact) mass is 699 g/mol. The summed E-state index contributed by atoms with van der Waals surface area (Å²) < 4.78 is 87.3. The number of alkyl halides is 6. The number of carboxylic acids is 1. The molecular weight excluding hydrogens is 676 g/mol. The molecular formula is C39H23F6NO5. The van der Waals surface area contributed by atoms with Crippen molar-refractivity contribution in [2.24, 2.45) is 0 Å². The van der Waals surface area contributed by atoms with Crippen LogP contribution in [0.4, 0.5) is 32.0 Å². The van der Waals surface area contributed by atoms with E-state index >= 15 is 0 Å². The normalized spacial score (nSPS) is 12.3. The number of carbonyl (C=O) groups is 2. The fourth-order valence-electron chi connectivity index (χ4n) is 6.22. The summed E-state index contributed by atoms with van der Waals surface area (Å²) in [5.41, 5.74) is 0.894. The van der Waals surface area contributed by atoms with Crippen LogP contribution in [-0.2, 0) is 23.6 Å². The number of hydrogen-bond donors (Lipinski definition) is 3. The molecule has 0 bridgehead atoms. The number of benzene rings is 6. The van der Waals surface area contributed by atoms with Crippen LogP contribution in [0.1, 0.15) is 27.0 Å². The Morgan fingerprint density at radius 3 is 1.80 bits per heavy atom. The molecule has 51 heavy (non-hydrogen) atoms. The van der Waals surface area contributed by atoms with Gasteiger partial charge in [-0.3, -0.25) is 9.59 Å². The minimum atomic E-state index is -4.62. The topological polar surface area (TPSA) is 95.9 Å². The number of ether oxygens (including phenoxy) is 1. The van der Waals surface area contributed by atoms with Crippen LogP contribution in [0.3, 0.4) is 0 Å². The summed E-state index contributed by atoms with van der Waals surface area (Å²) in [6, 6.07) is 24.1. The van der Waals surface area contributed by atoms with Gasteiger partial charge in [-0.25, -0.2) is 0 Å². The Kier molecular flexibility index (Phi) is 7.97. The molecule has 6 aromatic rings. The molecule has 0 radical (unpaired) electrons. The van der Waals surface area contributed by atoms with E-state index in [2.05, 4.69) is 5.32 Å². The molecule has 0 spiro atoms. The lowest BCUT2D eigenvalue weighted by molar-refractivity contribution is -0.138. The van der Waals surface area contributed by atoms with Crippen LogP contribution in [0.15, 0.2) is 109 Å². The molecule has 0 atom stereocenters. The minimum Gasteiger partial charge on any atom is -0.507 e. The van der Waals surface area contributed by atoms with Gasteiger partial charge in [0.25, 0.3) is 5.91 Å². The summed E-state index contributed by atoms with van der Waals surface area (Å²) >= 11 is 0. The number of aliphatic carboxylic acids is 1. The molecule has 1 aliphatic rings. The summed E-state index contributed by atoms with van der Waals surface area (Å²) in [5, 5.41) is 23.7. The zero-order chi connectivity index (χ0) is 36.2. The number of amides is 1. The Balaban J connectivity index is 1.49. The number of aromatic hydroxyl groups is 1. The number of carboxylic acid groups (broad SMARTS) is 1. The van der Waals surface area contributed by atoms with Crippen LogP contribution in [0, 0.1) is 0 Å². The van der Waals surface area contributed by atoms with E-state index in [4.69, 9.17) is 9.84 Å². The summed E-state index contributed by atoms with van der Waals surface area (Å²) in [6.07, 6.45) is -9.45. The number of fused-ring (bicyclic) bond motifs is 2. The highest BCUT2D eigenvalue weighted by Gasteiger charge is 2.34. The highest BCUT2D eigenvalue weighted by molar-refractivity contribution is 6.23. The quantitative estimate of drug-likeness (QED) is 0.150. The van der Waals surface area contributed by atoms with Gasteiger partial charge in [0.1, 0.15) is 17.2 Å². The first-order valence-electron chi connectivity index (χ1n) is 15.3. The van der Waals surface area contributed by atoms with Gasteiger partial charge in [-0.1, -0.05) is 54.6 Å². The first kappa shape index (κ1) is 33.2. The fraction of sp³-hybridized carbons (Fsp3) is 0.0769. The van der Waals surface area contributed by atoms with Gasteiger partial charge in [-0.2, -0.15) is 26.3 Å². The van der Waals surface area contributed by atoms with Crippen molar-refractivity contribution in [3.05, 3.63) is 131 Å². The van der Waals surface area contributed by atoms with Gasteiger partial charge >= 0.3 is 18.3 Å². The van der Waals surface area contributed by atoms with Crippen molar-refractivity contribution in [1.82, 2.24) is 0 Å². The van der Waals surface area contributed by atoms with Gasteiger partial charge < -0.3 is 20.3 Å². The zero-order valence-electron chi connectivity index (χ0n) is 26.0. The first-order valence-corrected chi connectivity index (χ1v) is 15.3. The number of para-hydroxylation sites is 1. The van der Waals surface area contributed by atoms with Crippen LogP contribution < -0.4 is 10.1 Å². The molecule has 1 aliphatic heterocycles. The van der Waals surface area contributed by atoms with Crippen molar-refractivity contribution in [2.45, 2.75) is 18.8 Å². The first-order chi connectivity index (χ1) is 24.2. The summed E-state index contributed by atoms with van der Waals surface area (Å²) in [7, 11) is 0. The average molecular weight is 700 g/mol. The van der Waals surface area contributed by atoms with E-state index in [1.807, 2.05) is 0 Å². The minimum absolute atomic E-state index is 0.0285. The standard InChI is InChI=1S/C39H23F6NO5/c40-38(41,42)23-11-7-21(8-12-23)27-19-30(47)34-29(37(50)46-25-15-5-20(6-16-25)17-32(48)49)18-28(22-9-13-24(14-10-22)39(43,44)45)36-35(34)33(27)26-3-1-2-4-31(26)51-36/h1-16,18-19,47H,17H2,(H,46,50)(H,48,49). The molecule has 256 valence electrons. The Morgan fingerprint density at radius 2 is 1.24 bits per heavy atom. The second-order valence-corrected chi connectivity index (χ2v) is 11.8. The van der Waals surface area contributed by atoms with Crippen LogP contribution in [0.25, 0.3) is 44.2 Å². The van der Waals surface area contributed by atoms with E-state index in [0.717, 1.165) is 24.3 Å². The molecule has 1 amide bonds. The number of hydrogen-bond acceptors (Lipinski definition) is 4. The predicted molar refractivity (Wildman–Crippen MR) is 178 cm³/mol. The maximum Gasteiger partial charge on any atom is 0.416 e. The van der Waals surface area contributed by atoms with Gasteiger partial charge in [-0.05, 0) is 76.9 Å². The third kappa shape index (κ3) is 6.20. The van der Waals surface area contributed by atoms with Crippen molar-refractivity contribution in [3.63, 3.8) is 0 Å². The molecule has 0 fully saturated rings. The van der Waals surface area contributed by atoms with E-state index in [1.54, 1.807) is 24.3 Å². The second-order valence-electron chi connectivity index (χ2n) is 11.8. The predicted octanol–water partition coefficient (Wildman–Crippen LogP) is 10.6. The number of phenols is 1. The number of carbonyl (C=O) groups excluding carboxylic acids is 1. The summed E-state index contributed by atoms with van der Waals surface area (Å²) in [4.78, 5) is 25.2. The molecule has 0 unspecified atom stereocenters. The number of halogens is 6. The van der Waals surface area contributed by atoms with E-state index in [-0.39, 0.29) is 45.3 Å². The van der Waals surface area contributed by atoms with E-state index in [1.165, 1.54) is 60.7 Å². The Bertz CT molecular complexity index is 2350. The molecule has 6 aromatic carbocycles. The van der Waals surface area contributed by atoms with Gasteiger partial charge in [-0.15, -0.1) is 0 Å². The van der Waals surface area contributed by atoms with Crippen molar-refractivity contribution in [3.8, 4) is 50.6 Å². The lowest BCUT2D eigenvalue weighted by Crippen LogP contribution is -2.14. The van der Waals surface area contributed by atoms with E-state index < -0.39 is 41.1 Å². The third-order valence-electron chi connectivity index (χ3n) is 8.56. The van der Waals surface area contributed by atoms with Crippen LogP contribution >= 0.6 is 0 Å². The summed E-state index contributed by atoms with van der Waals surface area (Å²) in [5.74, 6) is -1.73. The second kappa shape index (κ2) is 12.2. The number of nitrogens with one attached hydrogen (secondary N) is 1. The van der Waals surface area contributed by atoms with Crippen molar-refractivity contribution >= 4 is 28.3 Å². The highest BCUT2D eigenvalue weighted by Crippen LogP contribution is 2.56. The van der Waals surface area contributed by atoms with Gasteiger partial charge in [0, 0.05) is 33.2 Å². The van der Waals surface area contributed by atoms with E-state index in [9.17, 15) is 41.0 Å². The van der Waals surface area contributed by atoms with Gasteiger partial charge in [0.15, 0.2) is 0 Å². The lowest BCUT2D eigenvalue weighted by atomic mass is 9.83. The molecule has 1 heterocycles. The maximum atomic E-state index is 14.1.